The molecular formula is C58H72O32. The monoisotopic (exact) mass is 1280 g/mol. The van der Waals surface area contributed by atoms with Crippen LogP contribution >= 0.6 is 0 Å². The maximum atomic E-state index is 14.4. The molecule has 24 atom stereocenters. The van der Waals surface area contributed by atoms with Crippen molar-refractivity contribution in [1.29, 1.82) is 0 Å². The zero-order valence-electron chi connectivity index (χ0n) is 48.2. The summed E-state index contributed by atoms with van der Waals surface area (Å²) in [5.74, 6) is -7.74. The van der Waals surface area contributed by atoms with Gasteiger partial charge < -0.3 is 138 Å². The molecule has 90 heavy (non-hydrogen) atoms. The van der Waals surface area contributed by atoms with Gasteiger partial charge in [-0.15, -0.1) is 0 Å². The lowest BCUT2D eigenvalue weighted by atomic mass is 9.95. The van der Waals surface area contributed by atoms with E-state index in [4.69, 9.17) is 66.3 Å². The van der Waals surface area contributed by atoms with Crippen LogP contribution in [0.5, 0.6) is 17.2 Å². The number of benzene rings is 3. The van der Waals surface area contributed by atoms with Crippen LogP contribution in [0.15, 0.2) is 84.9 Å². The van der Waals surface area contributed by atoms with Crippen LogP contribution in [0.25, 0.3) is 12.2 Å². The number of phenols is 1. The van der Waals surface area contributed by atoms with E-state index in [0.29, 0.717) is 5.56 Å². The molecule has 5 aliphatic heterocycles. The minimum Gasteiger partial charge on any atom is -0.508 e. The van der Waals surface area contributed by atoms with Gasteiger partial charge in [0.05, 0.1) is 38.6 Å². The van der Waals surface area contributed by atoms with Crippen LogP contribution in [0.2, 0.25) is 0 Å². The van der Waals surface area contributed by atoms with Crippen molar-refractivity contribution in [2.45, 2.75) is 161 Å². The maximum absolute atomic E-state index is 14.4. The summed E-state index contributed by atoms with van der Waals surface area (Å²) in [6.45, 7) is -2.95. The molecule has 1 unspecified atom stereocenters. The first-order valence-electron chi connectivity index (χ1n) is 28.1. The van der Waals surface area contributed by atoms with Crippen molar-refractivity contribution < 1.29 is 157 Å². The Morgan fingerprint density at radius 2 is 1.10 bits per heavy atom. The Balaban J connectivity index is 1.23. The molecule has 0 radical (unpaired) electrons. The van der Waals surface area contributed by atoms with Gasteiger partial charge in [0, 0.05) is 19.1 Å². The van der Waals surface area contributed by atoms with Crippen LogP contribution in [-0.4, -0.2) is 282 Å². The Morgan fingerprint density at radius 3 is 1.70 bits per heavy atom. The van der Waals surface area contributed by atoms with Gasteiger partial charge in [-0.2, -0.15) is 0 Å². The van der Waals surface area contributed by atoms with E-state index in [1.165, 1.54) is 92.9 Å². The van der Waals surface area contributed by atoms with E-state index < -0.39 is 204 Å². The third-order valence-corrected chi connectivity index (χ3v) is 15.2. The molecule has 496 valence electrons. The van der Waals surface area contributed by atoms with Gasteiger partial charge in [-0.05, 0) is 66.6 Å². The van der Waals surface area contributed by atoms with Crippen LogP contribution in [0.4, 0.5) is 0 Å². The number of aliphatic hydroxyl groups is 13. The molecule has 5 saturated heterocycles. The Morgan fingerprint density at radius 1 is 0.544 bits per heavy atom. The molecule has 0 amide bonds. The van der Waals surface area contributed by atoms with Crippen molar-refractivity contribution >= 4 is 36.0 Å². The van der Waals surface area contributed by atoms with Gasteiger partial charge in [0.2, 0.25) is 12.1 Å². The molecule has 0 aromatic heterocycles. The van der Waals surface area contributed by atoms with Gasteiger partial charge in [-0.1, -0.05) is 36.4 Å². The highest BCUT2D eigenvalue weighted by Crippen LogP contribution is 2.43. The number of esters is 4. The summed E-state index contributed by atoms with van der Waals surface area (Å²) in [4.78, 5) is 54.8. The lowest BCUT2D eigenvalue weighted by molar-refractivity contribution is -0.421. The first kappa shape index (κ1) is 69.5. The summed E-state index contributed by atoms with van der Waals surface area (Å²) >= 11 is 0. The Hall–Kier alpha value is -6.42. The number of aromatic hydroxyl groups is 1. The third-order valence-electron chi connectivity index (χ3n) is 15.2. The average molecular weight is 1280 g/mol. The molecule has 0 bridgehead atoms. The quantitative estimate of drug-likeness (QED) is 0.0240. The highest BCUT2D eigenvalue weighted by Gasteiger charge is 2.64. The Kier molecular flexibility index (Phi) is 23.8. The normalized spacial score (nSPS) is 37.1. The molecular weight excluding hydrogens is 1210 g/mol. The summed E-state index contributed by atoms with van der Waals surface area (Å²) < 4.78 is 83.1. The SMILES string of the molecule is COc1cc(/C=C/C(=O)O[C@H]2[C@H](O[C@@H]3O[C@H](CO)[C@@H](O)[C@H](O)[C@H]3O)[C@@H](O[C@@H]3O[C@H](CO)[C@@H](O)[C@H](O)[C@H]3O)[C@@H](O[C@]3(COC(=O)/C=C/c4ccc(O)cc4)O[C@H](CO)[C@@H](O)[C@@H]3OC(=O)c3ccccc3)O[C@@H]2COC(C)=O)ccc1OC1O[C@@H](C)[C@H](O)[C@@H](O)[C@H]1O. The standard InChI is InChI=1S/C58H72O32/c1-25-39(66)43(70)46(73)54(80-25)81-31-16-11-28(19-32(31)77-3)13-18-38(65)85-49-36(23-78-26(2)62)84-57(51(87-56-48(75)45(72)41(68)34(21-60)83-56)50(49)86-55-47(74)44(71)40(67)33(20-59)82-55)90-58(24-79-37(64)17-12-27-9-14-30(63)15-10-27)52(42(69)35(22-61)89-58)88-53(76)29-7-5-4-6-8-29/h4-19,25,33-36,39-52,54-57,59-61,63,66-75H,20-24H2,1-3H3/b17-12+,18-13+/t25-,33+,34+,35+,36+,39-,40+,41+,42+,43+,44-,45-,46+,47+,48+,49+,50-,51+,52-,54?,55-,56-,57+,58-/m0/s1. The lowest BCUT2D eigenvalue weighted by Gasteiger charge is -2.50. The molecule has 32 nitrogen and oxygen atoms in total. The molecule has 0 spiro atoms. The van der Waals surface area contributed by atoms with Gasteiger partial charge >= 0.3 is 23.9 Å². The number of aliphatic hydroxyl groups excluding tert-OH is 13. The number of rotatable bonds is 23. The van der Waals surface area contributed by atoms with E-state index >= 15 is 0 Å². The number of carbonyl (C=O) groups excluding carboxylic acids is 4. The fourth-order valence-electron chi connectivity index (χ4n) is 10.2. The summed E-state index contributed by atoms with van der Waals surface area (Å²) in [6.07, 6.45) is -41.3. The number of phenolic OH excluding ortho intramolecular Hbond substituents is 1. The van der Waals surface area contributed by atoms with Crippen LogP contribution in [0.3, 0.4) is 0 Å². The first-order chi connectivity index (χ1) is 42.9. The predicted molar refractivity (Wildman–Crippen MR) is 293 cm³/mol. The second-order valence-electron chi connectivity index (χ2n) is 21.4. The van der Waals surface area contributed by atoms with Gasteiger partial charge in [0.15, 0.2) is 42.6 Å². The van der Waals surface area contributed by atoms with Crippen molar-refractivity contribution in [3.63, 3.8) is 0 Å². The minimum absolute atomic E-state index is 0.0110. The van der Waals surface area contributed by atoms with Crippen molar-refractivity contribution in [2.75, 3.05) is 40.1 Å². The molecule has 8 rings (SSSR count). The second-order valence-corrected chi connectivity index (χ2v) is 21.4. The van der Waals surface area contributed by atoms with E-state index in [9.17, 15) is 90.7 Å². The molecule has 3 aromatic rings. The second kappa shape index (κ2) is 30.8. The summed E-state index contributed by atoms with van der Waals surface area (Å²) in [5, 5.41) is 151. The first-order valence-corrected chi connectivity index (χ1v) is 28.1. The van der Waals surface area contributed by atoms with E-state index in [0.717, 1.165) is 19.1 Å². The van der Waals surface area contributed by atoms with Gasteiger partial charge in [0.25, 0.3) is 0 Å². The molecule has 5 aliphatic rings. The van der Waals surface area contributed by atoms with Crippen molar-refractivity contribution in [2.24, 2.45) is 0 Å². The minimum atomic E-state index is -2.94. The zero-order chi connectivity index (χ0) is 65.3. The fraction of sp³-hybridized carbons (Fsp3) is 0.552. The van der Waals surface area contributed by atoms with Crippen molar-refractivity contribution in [3.8, 4) is 17.2 Å². The van der Waals surface area contributed by atoms with E-state index in [1.54, 1.807) is 6.07 Å². The Bertz CT molecular complexity index is 2910. The van der Waals surface area contributed by atoms with E-state index in [1.807, 2.05) is 0 Å². The highest BCUT2D eigenvalue weighted by molar-refractivity contribution is 5.90. The van der Waals surface area contributed by atoms with Crippen LogP contribution < -0.4 is 9.47 Å². The summed E-state index contributed by atoms with van der Waals surface area (Å²) in [5.41, 5.74) is 0.446. The number of methoxy groups -OCH3 is 1. The smallest absolute Gasteiger partial charge is 0.338 e. The fourth-order valence-corrected chi connectivity index (χ4v) is 10.2. The summed E-state index contributed by atoms with van der Waals surface area (Å²) in [7, 11) is 1.25. The third kappa shape index (κ3) is 16.1. The predicted octanol–water partition coefficient (Wildman–Crippen LogP) is -4.86. The van der Waals surface area contributed by atoms with Gasteiger partial charge in [0.1, 0.15) is 117 Å². The molecule has 3 aromatic carbocycles. The number of ether oxygens (including phenoxy) is 14. The summed E-state index contributed by atoms with van der Waals surface area (Å²) in [6, 6.07) is 16.7. The van der Waals surface area contributed by atoms with Crippen LogP contribution in [0.1, 0.15) is 35.3 Å². The van der Waals surface area contributed by atoms with Gasteiger partial charge in [-0.25, -0.2) is 14.4 Å². The maximum Gasteiger partial charge on any atom is 0.338 e. The largest absolute Gasteiger partial charge is 0.508 e. The number of carbonyl (C=O) groups is 4. The Labute approximate surface area is 511 Å². The molecule has 32 heteroatoms. The van der Waals surface area contributed by atoms with Crippen molar-refractivity contribution in [1.82, 2.24) is 0 Å². The van der Waals surface area contributed by atoms with E-state index in [-0.39, 0.29) is 28.4 Å². The topological polar surface area (TPSA) is 481 Å². The molecule has 0 saturated carbocycles. The lowest BCUT2D eigenvalue weighted by Crippen LogP contribution is -2.69. The molecule has 0 aliphatic carbocycles. The van der Waals surface area contributed by atoms with Crippen molar-refractivity contribution in [3.05, 3.63) is 102 Å². The van der Waals surface area contributed by atoms with Gasteiger partial charge in [-0.3, -0.25) is 4.79 Å². The molecule has 14 N–H and O–H groups in total. The van der Waals surface area contributed by atoms with E-state index in [2.05, 4.69) is 0 Å². The van der Waals surface area contributed by atoms with Crippen LogP contribution in [0, 0.1) is 0 Å². The number of hydrogen-bond donors (Lipinski definition) is 14. The zero-order valence-corrected chi connectivity index (χ0v) is 48.2. The number of hydrogen-bond acceptors (Lipinski definition) is 32. The average Bonchev–Trinajstić information content (AvgIpc) is 1.78. The molecule has 5 fully saturated rings. The molecule has 5 heterocycles. The highest BCUT2D eigenvalue weighted by atomic mass is 16.8. The van der Waals surface area contributed by atoms with Crippen LogP contribution in [-0.2, 0) is 71.2 Å².